The van der Waals surface area contributed by atoms with Crippen LogP contribution in [-0.2, 0) is 16.6 Å². The zero-order chi connectivity index (χ0) is 17.0. The summed E-state index contributed by atoms with van der Waals surface area (Å²) in [7, 11) is -3.09. The van der Waals surface area contributed by atoms with E-state index < -0.39 is 10.0 Å². The highest BCUT2D eigenvalue weighted by molar-refractivity contribution is 7.88. The topological polar surface area (TPSA) is 62.3 Å². The summed E-state index contributed by atoms with van der Waals surface area (Å²) < 4.78 is 25.1. The monoisotopic (exact) mass is 371 g/mol. The van der Waals surface area contributed by atoms with Crippen LogP contribution in [0.1, 0.15) is 68.0 Å². The molecule has 2 aliphatic rings. The lowest BCUT2D eigenvalue weighted by Crippen LogP contribution is -2.41. The van der Waals surface area contributed by atoms with Gasteiger partial charge in [0, 0.05) is 30.4 Å². The fourth-order valence-corrected chi connectivity index (χ4v) is 5.44. The standard InChI is InChI=1S/C17H29N3O2S2/c1-24(21,22)18-10-9-16-8-4-5-11-20(16)12-15-13-23-17(19-15)14-6-2-3-7-14/h13-14,16,18H,2-12H2,1H3. The molecule has 5 nitrogen and oxygen atoms in total. The van der Waals surface area contributed by atoms with Gasteiger partial charge in [0.25, 0.3) is 0 Å². The lowest BCUT2D eigenvalue weighted by molar-refractivity contribution is 0.132. The summed E-state index contributed by atoms with van der Waals surface area (Å²) in [5.41, 5.74) is 1.20. The van der Waals surface area contributed by atoms with Gasteiger partial charge < -0.3 is 0 Å². The van der Waals surface area contributed by atoms with Gasteiger partial charge in [-0.1, -0.05) is 19.3 Å². The number of thiazole rings is 1. The Labute approximate surface area is 149 Å². The Balaban J connectivity index is 1.55. The van der Waals surface area contributed by atoms with Gasteiger partial charge in [0.15, 0.2) is 0 Å². The van der Waals surface area contributed by atoms with Crippen molar-refractivity contribution < 1.29 is 8.42 Å². The second kappa shape index (κ2) is 8.25. The van der Waals surface area contributed by atoms with Crippen molar-refractivity contribution in [2.45, 2.75) is 69.9 Å². The minimum Gasteiger partial charge on any atom is -0.294 e. The van der Waals surface area contributed by atoms with Crippen molar-refractivity contribution in [2.24, 2.45) is 0 Å². The van der Waals surface area contributed by atoms with Gasteiger partial charge in [-0.2, -0.15) is 0 Å². The van der Waals surface area contributed by atoms with Crippen molar-refractivity contribution in [1.82, 2.24) is 14.6 Å². The van der Waals surface area contributed by atoms with E-state index in [4.69, 9.17) is 4.98 Å². The van der Waals surface area contributed by atoms with Gasteiger partial charge in [-0.25, -0.2) is 18.1 Å². The van der Waals surface area contributed by atoms with Crippen LogP contribution in [0, 0.1) is 0 Å². The lowest BCUT2D eigenvalue weighted by Gasteiger charge is -2.35. The zero-order valence-corrected chi connectivity index (χ0v) is 16.2. The predicted molar refractivity (Wildman–Crippen MR) is 98.8 cm³/mol. The van der Waals surface area contributed by atoms with E-state index in [2.05, 4.69) is 15.0 Å². The van der Waals surface area contributed by atoms with Crippen LogP contribution in [0.25, 0.3) is 0 Å². The van der Waals surface area contributed by atoms with E-state index in [9.17, 15) is 8.42 Å². The summed E-state index contributed by atoms with van der Waals surface area (Å²) in [5, 5.41) is 3.56. The fraction of sp³-hybridized carbons (Fsp3) is 0.824. The van der Waals surface area contributed by atoms with E-state index in [-0.39, 0.29) is 0 Å². The van der Waals surface area contributed by atoms with E-state index in [1.807, 2.05) is 11.3 Å². The Morgan fingerprint density at radius 1 is 1.25 bits per heavy atom. The number of hydrogen-bond acceptors (Lipinski definition) is 5. The summed E-state index contributed by atoms with van der Waals surface area (Å²) >= 11 is 1.83. The van der Waals surface area contributed by atoms with E-state index in [0.29, 0.717) is 18.5 Å². The van der Waals surface area contributed by atoms with E-state index in [1.165, 1.54) is 55.5 Å². The first kappa shape index (κ1) is 18.3. The number of aromatic nitrogens is 1. The summed E-state index contributed by atoms with van der Waals surface area (Å²) in [6.45, 7) is 2.54. The fourth-order valence-electron chi connectivity index (χ4n) is 3.97. The maximum Gasteiger partial charge on any atom is 0.208 e. The number of rotatable bonds is 7. The molecule has 7 heteroatoms. The van der Waals surface area contributed by atoms with Gasteiger partial charge in [-0.3, -0.25) is 4.90 Å². The van der Waals surface area contributed by atoms with Crippen molar-refractivity contribution in [2.75, 3.05) is 19.3 Å². The maximum atomic E-state index is 11.2. The molecular formula is C17H29N3O2S2. The second-order valence-electron chi connectivity index (χ2n) is 7.23. The van der Waals surface area contributed by atoms with Gasteiger partial charge in [0.05, 0.1) is 17.0 Å². The summed E-state index contributed by atoms with van der Waals surface area (Å²) in [4.78, 5) is 7.41. The molecule has 1 aliphatic carbocycles. The largest absolute Gasteiger partial charge is 0.294 e. The maximum absolute atomic E-state index is 11.2. The van der Waals surface area contributed by atoms with Gasteiger partial charge in [0.1, 0.15) is 0 Å². The minimum absolute atomic E-state index is 0.463. The molecule has 1 N–H and O–H groups in total. The molecule has 2 heterocycles. The molecule has 1 atom stereocenters. The van der Waals surface area contributed by atoms with E-state index in [1.54, 1.807) is 0 Å². The van der Waals surface area contributed by atoms with Crippen LogP contribution in [0.15, 0.2) is 5.38 Å². The van der Waals surface area contributed by atoms with Crippen LogP contribution < -0.4 is 4.72 Å². The number of nitrogens with one attached hydrogen (secondary N) is 1. The Morgan fingerprint density at radius 3 is 2.75 bits per heavy atom. The quantitative estimate of drug-likeness (QED) is 0.800. The first-order chi connectivity index (χ1) is 11.5. The molecule has 1 saturated carbocycles. The highest BCUT2D eigenvalue weighted by Crippen LogP contribution is 2.36. The zero-order valence-electron chi connectivity index (χ0n) is 14.5. The van der Waals surface area contributed by atoms with E-state index >= 15 is 0 Å². The molecule has 1 unspecified atom stereocenters. The third kappa shape index (κ3) is 5.25. The van der Waals surface area contributed by atoms with Crippen LogP contribution in [0.4, 0.5) is 0 Å². The molecule has 0 amide bonds. The Morgan fingerprint density at radius 2 is 2.00 bits per heavy atom. The molecule has 1 aromatic rings. The van der Waals surface area contributed by atoms with Gasteiger partial charge in [-0.05, 0) is 38.6 Å². The molecule has 0 radical (unpaired) electrons. The molecule has 1 saturated heterocycles. The van der Waals surface area contributed by atoms with Gasteiger partial charge in [-0.15, -0.1) is 11.3 Å². The van der Waals surface area contributed by atoms with Crippen LogP contribution in [0.2, 0.25) is 0 Å². The summed E-state index contributed by atoms with van der Waals surface area (Å²) in [5.74, 6) is 0.694. The second-order valence-corrected chi connectivity index (χ2v) is 9.96. The number of nitrogens with zero attached hydrogens (tertiary/aromatic N) is 2. The molecule has 24 heavy (non-hydrogen) atoms. The molecule has 3 rings (SSSR count). The molecule has 1 aromatic heterocycles. The molecule has 0 aromatic carbocycles. The molecule has 0 bridgehead atoms. The lowest BCUT2D eigenvalue weighted by atomic mass is 9.99. The normalized spacial score (nSPS) is 23.8. The molecule has 1 aliphatic heterocycles. The Bertz CT molecular complexity index is 624. The molecule has 0 spiro atoms. The molecule has 2 fully saturated rings. The van der Waals surface area contributed by atoms with Crippen LogP contribution in [-0.4, -0.2) is 43.7 Å². The van der Waals surface area contributed by atoms with Crippen LogP contribution in [0.3, 0.4) is 0 Å². The summed E-state index contributed by atoms with van der Waals surface area (Å²) in [6, 6.07) is 0.463. The van der Waals surface area contributed by atoms with Crippen molar-refractivity contribution in [1.29, 1.82) is 0 Å². The number of likely N-dealkylation sites (tertiary alicyclic amines) is 1. The average molecular weight is 372 g/mol. The first-order valence-corrected chi connectivity index (χ1v) is 11.9. The third-order valence-corrected chi connectivity index (χ3v) is 7.01. The SMILES string of the molecule is CS(=O)(=O)NCCC1CCCCN1Cc1csc(C2CCCC2)n1. The average Bonchev–Trinajstić information content (AvgIpc) is 3.18. The number of piperidine rings is 1. The Hall–Kier alpha value is -0.500. The Kier molecular flexibility index (Phi) is 6.29. The first-order valence-electron chi connectivity index (χ1n) is 9.14. The predicted octanol–water partition coefficient (Wildman–Crippen LogP) is 3.09. The number of sulfonamides is 1. The van der Waals surface area contributed by atoms with Crippen molar-refractivity contribution in [3.63, 3.8) is 0 Å². The smallest absolute Gasteiger partial charge is 0.208 e. The van der Waals surface area contributed by atoms with Crippen LogP contribution >= 0.6 is 11.3 Å². The molecule has 136 valence electrons. The number of hydrogen-bond donors (Lipinski definition) is 1. The van der Waals surface area contributed by atoms with E-state index in [0.717, 1.165) is 25.9 Å². The minimum atomic E-state index is -3.09. The van der Waals surface area contributed by atoms with Gasteiger partial charge >= 0.3 is 0 Å². The third-order valence-electron chi connectivity index (χ3n) is 5.23. The highest BCUT2D eigenvalue weighted by Gasteiger charge is 2.24. The van der Waals surface area contributed by atoms with Crippen molar-refractivity contribution >= 4 is 21.4 Å². The van der Waals surface area contributed by atoms with Gasteiger partial charge in [0.2, 0.25) is 10.0 Å². The molecular weight excluding hydrogens is 342 g/mol. The highest BCUT2D eigenvalue weighted by atomic mass is 32.2. The van der Waals surface area contributed by atoms with Crippen molar-refractivity contribution in [3.05, 3.63) is 16.1 Å². The van der Waals surface area contributed by atoms with Crippen molar-refractivity contribution in [3.8, 4) is 0 Å². The summed E-state index contributed by atoms with van der Waals surface area (Å²) in [6.07, 6.45) is 11.0. The van der Waals surface area contributed by atoms with Crippen LogP contribution in [0.5, 0.6) is 0 Å².